The number of rotatable bonds is 19. The van der Waals surface area contributed by atoms with E-state index < -0.39 is 5.60 Å². The van der Waals surface area contributed by atoms with E-state index in [1.165, 1.54) is 51.4 Å². The smallest absolute Gasteiger partial charge is 0.338 e. The number of unbranched alkanes of at least 4 members (excludes halogenated alkanes) is 5. The van der Waals surface area contributed by atoms with E-state index in [4.69, 9.17) is 14.2 Å². The maximum Gasteiger partial charge on any atom is 0.338 e. The normalized spacial score (nSPS) is 15.8. The summed E-state index contributed by atoms with van der Waals surface area (Å²) >= 11 is 0. The van der Waals surface area contributed by atoms with Gasteiger partial charge in [0.05, 0.1) is 12.7 Å². The molecule has 0 aromatic heterocycles. The van der Waals surface area contributed by atoms with Gasteiger partial charge in [-0.15, -0.1) is 0 Å². The highest BCUT2D eigenvalue weighted by Gasteiger charge is 2.33. The van der Waals surface area contributed by atoms with Crippen LogP contribution in [0.2, 0.25) is 0 Å². The molecule has 3 atom stereocenters. The van der Waals surface area contributed by atoms with Crippen molar-refractivity contribution >= 4 is 5.97 Å². The minimum absolute atomic E-state index is 0.201. The molecule has 28 heavy (non-hydrogen) atoms. The van der Waals surface area contributed by atoms with Crippen LogP contribution >= 0.6 is 0 Å². The topological polar surface area (TPSA) is 44.8 Å². The van der Waals surface area contributed by atoms with Gasteiger partial charge in [-0.25, -0.2) is 4.79 Å². The molecule has 168 valence electrons. The van der Waals surface area contributed by atoms with Gasteiger partial charge in [-0.2, -0.15) is 0 Å². The molecule has 0 heterocycles. The van der Waals surface area contributed by atoms with Crippen LogP contribution in [0.1, 0.15) is 112 Å². The molecule has 3 unspecified atom stereocenters. The lowest BCUT2D eigenvalue weighted by atomic mass is 9.97. The van der Waals surface area contributed by atoms with Crippen molar-refractivity contribution in [2.45, 2.75) is 124 Å². The summed E-state index contributed by atoms with van der Waals surface area (Å²) in [7, 11) is 0. The van der Waals surface area contributed by atoms with E-state index in [9.17, 15) is 4.79 Å². The van der Waals surface area contributed by atoms with Crippen molar-refractivity contribution in [3.05, 3.63) is 0 Å². The fourth-order valence-corrected chi connectivity index (χ4v) is 3.09. The van der Waals surface area contributed by atoms with Crippen LogP contribution in [0, 0.1) is 5.92 Å². The zero-order valence-electron chi connectivity index (χ0n) is 19.7. The van der Waals surface area contributed by atoms with Gasteiger partial charge in [0.1, 0.15) is 6.61 Å². The second-order valence-corrected chi connectivity index (χ2v) is 8.46. The molecule has 0 aliphatic carbocycles. The highest BCUT2D eigenvalue weighted by molar-refractivity contribution is 5.79. The van der Waals surface area contributed by atoms with Gasteiger partial charge in [-0.05, 0) is 39.0 Å². The largest absolute Gasteiger partial charge is 0.461 e. The molecule has 0 saturated carbocycles. The van der Waals surface area contributed by atoms with Crippen LogP contribution < -0.4 is 0 Å². The van der Waals surface area contributed by atoms with E-state index in [1.807, 2.05) is 20.8 Å². The summed E-state index contributed by atoms with van der Waals surface area (Å²) in [5.74, 6) is 0.578. The average molecular weight is 401 g/mol. The minimum Gasteiger partial charge on any atom is -0.461 e. The summed E-state index contributed by atoms with van der Waals surface area (Å²) in [5.41, 5.74) is -0.843. The first-order valence-corrected chi connectivity index (χ1v) is 11.8. The first-order chi connectivity index (χ1) is 13.4. The van der Waals surface area contributed by atoms with Crippen LogP contribution in [0.5, 0.6) is 0 Å². The molecule has 0 aromatic carbocycles. The lowest BCUT2D eigenvalue weighted by molar-refractivity contribution is -0.173. The predicted molar refractivity (Wildman–Crippen MR) is 118 cm³/mol. The Balaban J connectivity index is 3.83. The number of hydrogen-bond donors (Lipinski definition) is 0. The Hall–Kier alpha value is -0.610. The van der Waals surface area contributed by atoms with Crippen molar-refractivity contribution in [2.75, 3.05) is 19.8 Å². The van der Waals surface area contributed by atoms with E-state index in [1.54, 1.807) is 0 Å². The van der Waals surface area contributed by atoms with E-state index >= 15 is 0 Å². The molecule has 0 aliphatic rings. The lowest BCUT2D eigenvalue weighted by Crippen LogP contribution is -2.40. The van der Waals surface area contributed by atoms with Gasteiger partial charge in [0.2, 0.25) is 0 Å². The third kappa shape index (κ3) is 13.5. The summed E-state index contributed by atoms with van der Waals surface area (Å²) < 4.78 is 16.8. The van der Waals surface area contributed by atoms with Crippen LogP contribution in [0.3, 0.4) is 0 Å². The minimum atomic E-state index is -0.843. The van der Waals surface area contributed by atoms with E-state index in [0.717, 1.165) is 18.8 Å². The molecule has 4 nitrogen and oxygen atoms in total. The van der Waals surface area contributed by atoms with Crippen molar-refractivity contribution in [1.29, 1.82) is 0 Å². The molecule has 0 aromatic rings. The Kier molecular flexibility index (Phi) is 16.9. The van der Waals surface area contributed by atoms with Crippen molar-refractivity contribution in [3.63, 3.8) is 0 Å². The summed E-state index contributed by atoms with van der Waals surface area (Å²) in [5, 5.41) is 0. The summed E-state index contributed by atoms with van der Waals surface area (Å²) in [6.45, 7) is 13.9. The van der Waals surface area contributed by atoms with Gasteiger partial charge in [-0.1, -0.05) is 79.1 Å². The first kappa shape index (κ1) is 27.4. The van der Waals surface area contributed by atoms with Gasteiger partial charge in [0.25, 0.3) is 0 Å². The van der Waals surface area contributed by atoms with Gasteiger partial charge in [0.15, 0.2) is 5.60 Å². The van der Waals surface area contributed by atoms with Gasteiger partial charge < -0.3 is 14.2 Å². The lowest BCUT2D eigenvalue weighted by Gasteiger charge is -2.26. The van der Waals surface area contributed by atoms with Gasteiger partial charge >= 0.3 is 5.97 Å². The predicted octanol–water partition coefficient (Wildman–Crippen LogP) is 6.70. The molecule has 0 amide bonds. The Morgan fingerprint density at radius 1 is 0.857 bits per heavy atom. The van der Waals surface area contributed by atoms with Gasteiger partial charge in [0, 0.05) is 6.61 Å². The van der Waals surface area contributed by atoms with Crippen molar-refractivity contribution < 1.29 is 19.0 Å². The summed E-state index contributed by atoms with van der Waals surface area (Å²) in [6.07, 6.45) is 13.3. The number of esters is 1. The van der Waals surface area contributed by atoms with Crippen molar-refractivity contribution in [3.8, 4) is 0 Å². The Labute approximate surface area is 175 Å². The third-order valence-corrected chi connectivity index (χ3v) is 5.71. The zero-order chi connectivity index (χ0) is 21.3. The highest BCUT2D eigenvalue weighted by atomic mass is 16.6. The number of hydrogen-bond acceptors (Lipinski definition) is 4. The Morgan fingerprint density at radius 3 is 2.11 bits per heavy atom. The molecule has 0 N–H and O–H groups in total. The van der Waals surface area contributed by atoms with E-state index in [-0.39, 0.29) is 12.1 Å². The molecule has 0 aliphatic heterocycles. The average Bonchev–Trinajstić information content (AvgIpc) is 2.69. The Bertz CT molecular complexity index is 372. The molecule has 4 heteroatoms. The number of carbonyl (C=O) groups excluding carboxylic acids is 1. The van der Waals surface area contributed by atoms with Crippen LogP contribution in [0.25, 0.3) is 0 Å². The second-order valence-electron chi connectivity index (χ2n) is 8.46. The molecule has 0 saturated heterocycles. The first-order valence-electron chi connectivity index (χ1n) is 11.8. The fraction of sp³-hybridized carbons (Fsp3) is 0.958. The monoisotopic (exact) mass is 400 g/mol. The molecular weight excluding hydrogens is 352 g/mol. The molecule has 0 rings (SSSR count). The zero-order valence-corrected chi connectivity index (χ0v) is 19.7. The van der Waals surface area contributed by atoms with Crippen molar-refractivity contribution in [2.24, 2.45) is 5.92 Å². The molecular formula is C24H48O4. The van der Waals surface area contributed by atoms with Crippen LogP contribution in [0.4, 0.5) is 0 Å². The van der Waals surface area contributed by atoms with Crippen LogP contribution in [-0.2, 0) is 19.0 Å². The SMILES string of the molecule is CCCCCC(C)CCCCCCOC(C)(CC)C(=O)OCCOC(C)CC. The molecule has 0 spiro atoms. The maximum absolute atomic E-state index is 12.4. The second kappa shape index (κ2) is 17.3. The van der Waals surface area contributed by atoms with Crippen LogP contribution in [0.15, 0.2) is 0 Å². The van der Waals surface area contributed by atoms with Crippen LogP contribution in [-0.4, -0.2) is 37.5 Å². The third-order valence-electron chi connectivity index (χ3n) is 5.71. The standard InChI is InChI=1S/C24H48O4/c1-7-10-13-16-21(4)17-14-11-12-15-18-28-24(6,9-3)23(25)27-20-19-26-22(5)8-2/h21-22H,7-20H2,1-6H3. The molecule has 0 radical (unpaired) electrons. The van der Waals surface area contributed by atoms with Gasteiger partial charge in [-0.3, -0.25) is 0 Å². The quantitative estimate of drug-likeness (QED) is 0.179. The van der Waals surface area contributed by atoms with Crippen molar-refractivity contribution in [1.82, 2.24) is 0 Å². The fourth-order valence-electron chi connectivity index (χ4n) is 3.09. The Morgan fingerprint density at radius 2 is 1.50 bits per heavy atom. The molecule has 0 bridgehead atoms. The molecule has 0 fully saturated rings. The highest BCUT2D eigenvalue weighted by Crippen LogP contribution is 2.20. The summed E-state index contributed by atoms with van der Waals surface area (Å²) in [6, 6.07) is 0. The number of ether oxygens (including phenoxy) is 3. The maximum atomic E-state index is 12.4. The van der Waals surface area contributed by atoms with E-state index in [2.05, 4.69) is 20.8 Å². The summed E-state index contributed by atoms with van der Waals surface area (Å²) in [4.78, 5) is 12.4. The van der Waals surface area contributed by atoms with E-state index in [0.29, 0.717) is 26.2 Å². The number of carbonyl (C=O) groups is 1.